The average Bonchev–Trinajstić information content (AvgIpc) is 2.71. The Hall–Kier alpha value is -2.64. The van der Waals surface area contributed by atoms with E-state index in [0.717, 1.165) is 44.5 Å². The summed E-state index contributed by atoms with van der Waals surface area (Å²) in [6, 6.07) is 6.56. The number of benzene rings is 2. The predicted molar refractivity (Wildman–Crippen MR) is 103 cm³/mol. The van der Waals surface area contributed by atoms with Crippen LogP contribution >= 0.6 is 0 Å². The molecule has 2 rings (SSSR count). The molecule has 2 aromatic rings. The van der Waals surface area contributed by atoms with Gasteiger partial charge in [-0.2, -0.15) is 0 Å². The number of amides is 1. The van der Waals surface area contributed by atoms with E-state index in [0.29, 0.717) is 0 Å². The van der Waals surface area contributed by atoms with Crippen LogP contribution in [0, 0.1) is 29.1 Å². The summed E-state index contributed by atoms with van der Waals surface area (Å²) in [6.07, 6.45) is 3.92. The van der Waals surface area contributed by atoms with Crippen LogP contribution in [0.4, 0.5) is 33.3 Å². The van der Waals surface area contributed by atoms with E-state index < -0.39 is 40.6 Å². The van der Waals surface area contributed by atoms with Gasteiger partial charge in [0.1, 0.15) is 5.56 Å². The Morgan fingerprint density at radius 1 is 0.862 bits per heavy atom. The van der Waals surface area contributed by atoms with Gasteiger partial charge in [-0.25, -0.2) is 22.0 Å². The van der Waals surface area contributed by atoms with E-state index in [1.54, 1.807) is 12.1 Å². The maximum absolute atomic E-state index is 13.9. The van der Waals surface area contributed by atoms with Crippen molar-refractivity contribution in [3.8, 4) is 0 Å². The van der Waals surface area contributed by atoms with Gasteiger partial charge < -0.3 is 10.2 Å². The number of carbonyl (C=O) groups excluding carboxylic acids is 1. The van der Waals surface area contributed by atoms with E-state index in [1.807, 2.05) is 6.07 Å². The molecule has 0 spiro atoms. The van der Waals surface area contributed by atoms with Gasteiger partial charge in [-0.3, -0.25) is 4.79 Å². The smallest absolute Gasteiger partial charge is 0.261 e. The van der Waals surface area contributed by atoms with Crippen molar-refractivity contribution in [3.63, 3.8) is 0 Å². The van der Waals surface area contributed by atoms with Crippen LogP contribution in [-0.2, 0) is 0 Å². The summed E-state index contributed by atoms with van der Waals surface area (Å²) in [7, 11) is 0. The molecular weight excluding hydrogens is 391 g/mol. The highest BCUT2D eigenvalue weighted by molar-refractivity contribution is 6.04. The highest BCUT2D eigenvalue weighted by Gasteiger charge is 2.29. The summed E-state index contributed by atoms with van der Waals surface area (Å²) < 4.78 is 67.6. The molecule has 0 aromatic heterocycles. The Morgan fingerprint density at radius 3 is 1.90 bits per heavy atom. The van der Waals surface area contributed by atoms with E-state index in [-0.39, 0.29) is 5.69 Å². The number of halogens is 5. The van der Waals surface area contributed by atoms with Crippen LogP contribution in [0.25, 0.3) is 0 Å². The molecule has 0 bridgehead atoms. The minimum absolute atomic E-state index is 0.189. The maximum atomic E-state index is 13.9. The van der Waals surface area contributed by atoms with E-state index >= 15 is 0 Å². The summed E-state index contributed by atoms with van der Waals surface area (Å²) in [6.45, 7) is 5.73. The zero-order chi connectivity index (χ0) is 21.6. The Balaban J connectivity index is 2.29. The lowest BCUT2D eigenvalue weighted by molar-refractivity contribution is 0.101. The van der Waals surface area contributed by atoms with Crippen molar-refractivity contribution < 1.29 is 26.7 Å². The van der Waals surface area contributed by atoms with Gasteiger partial charge >= 0.3 is 0 Å². The topological polar surface area (TPSA) is 32.3 Å². The van der Waals surface area contributed by atoms with Crippen LogP contribution in [0.2, 0.25) is 0 Å². The van der Waals surface area contributed by atoms with Crippen molar-refractivity contribution in [2.45, 2.75) is 39.5 Å². The van der Waals surface area contributed by atoms with Crippen molar-refractivity contribution in [3.05, 3.63) is 58.9 Å². The van der Waals surface area contributed by atoms with Gasteiger partial charge in [-0.1, -0.05) is 32.8 Å². The maximum Gasteiger partial charge on any atom is 0.261 e. The van der Waals surface area contributed by atoms with E-state index in [4.69, 9.17) is 0 Å². The fraction of sp³-hybridized carbons (Fsp3) is 0.381. The van der Waals surface area contributed by atoms with Gasteiger partial charge in [-0.15, -0.1) is 0 Å². The lowest BCUT2D eigenvalue weighted by atomic mass is 10.1. The molecular formula is C21H23F5N2O. The van der Waals surface area contributed by atoms with Crippen molar-refractivity contribution >= 4 is 17.3 Å². The minimum Gasteiger partial charge on any atom is -0.371 e. The number of unbranched alkanes of at least 4 members (excludes halogenated alkanes) is 2. The molecule has 0 aliphatic rings. The van der Waals surface area contributed by atoms with Crippen LogP contribution < -0.4 is 10.2 Å². The second kappa shape index (κ2) is 10.2. The molecule has 0 atom stereocenters. The minimum atomic E-state index is -2.30. The molecule has 0 heterocycles. The van der Waals surface area contributed by atoms with Crippen LogP contribution in [0.1, 0.15) is 49.9 Å². The highest BCUT2D eigenvalue weighted by atomic mass is 19.2. The summed E-state index contributed by atoms with van der Waals surface area (Å²) in [5, 5.41) is 2.22. The molecule has 29 heavy (non-hydrogen) atoms. The van der Waals surface area contributed by atoms with Gasteiger partial charge in [0.15, 0.2) is 23.3 Å². The van der Waals surface area contributed by atoms with Crippen molar-refractivity contribution in [1.29, 1.82) is 0 Å². The molecule has 3 nitrogen and oxygen atoms in total. The first kappa shape index (κ1) is 22.6. The quantitative estimate of drug-likeness (QED) is 0.308. The van der Waals surface area contributed by atoms with Gasteiger partial charge in [0.25, 0.3) is 5.91 Å². The zero-order valence-electron chi connectivity index (χ0n) is 16.3. The molecule has 158 valence electrons. The molecule has 0 aliphatic heterocycles. The Labute approximate surface area is 166 Å². The lowest BCUT2D eigenvalue weighted by Crippen LogP contribution is -2.25. The van der Waals surface area contributed by atoms with E-state index in [1.165, 1.54) is 6.07 Å². The molecule has 1 N–H and O–H groups in total. The molecule has 2 aromatic carbocycles. The zero-order valence-corrected chi connectivity index (χ0v) is 16.3. The number of rotatable bonds is 9. The van der Waals surface area contributed by atoms with Gasteiger partial charge in [0, 0.05) is 24.5 Å². The first-order valence-corrected chi connectivity index (χ1v) is 9.49. The number of hydrogen-bond acceptors (Lipinski definition) is 2. The molecule has 0 saturated heterocycles. The normalized spacial score (nSPS) is 10.9. The number of carbonyl (C=O) groups is 1. The lowest BCUT2D eigenvalue weighted by Gasteiger charge is -2.25. The van der Waals surface area contributed by atoms with Crippen molar-refractivity contribution in [1.82, 2.24) is 0 Å². The van der Waals surface area contributed by atoms with Crippen molar-refractivity contribution in [2.75, 3.05) is 23.3 Å². The highest BCUT2D eigenvalue weighted by Crippen LogP contribution is 2.25. The third-order valence-corrected chi connectivity index (χ3v) is 4.47. The van der Waals surface area contributed by atoms with E-state index in [9.17, 15) is 26.7 Å². The third kappa shape index (κ3) is 5.25. The Bertz CT molecular complexity index is 835. The number of hydrogen-bond donors (Lipinski definition) is 1. The van der Waals surface area contributed by atoms with E-state index in [2.05, 4.69) is 24.1 Å². The van der Waals surface area contributed by atoms with Crippen molar-refractivity contribution in [2.24, 2.45) is 0 Å². The van der Waals surface area contributed by atoms with Gasteiger partial charge in [0.2, 0.25) is 5.82 Å². The van der Waals surface area contributed by atoms with Gasteiger partial charge in [0.05, 0.1) is 0 Å². The number of nitrogens with one attached hydrogen (secondary N) is 1. The Kier molecular flexibility index (Phi) is 7.99. The molecule has 8 heteroatoms. The van der Waals surface area contributed by atoms with Crippen LogP contribution in [0.5, 0.6) is 0 Å². The largest absolute Gasteiger partial charge is 0.371 e. The van der Waals surface area contributed by atoms with Crippen LogP contribution in [0.15, 0.2) is 24.3 Å². The fourth-order valence-electron chi connectivity index (χ4n) is 2.85. The number of nitrogens with zero attached hydrogens (tertiary/aromatic N) is 1. The second-order valence-corrected chi connectivity index (χ2v) is 6.64. The number of anilines is 2. The summed E-state index contributed by atoms with van der Waals surface area (Å²) in [5.41, 5.74) is -0.530. The molecule has 0 radical (unpaired) electrons. The molecule has 0 aliphatic carbocycles. The summed E-state index contributed by atoms with van der Waals surface area (Å²) in [4.78, 5) is 14.4. The van der Waals surface area contributed by atoms with Gasteiger partial charge in [-0.05, 0) is 31.0 Å². The standard InChI is InChI=1S/C21H23F5N2O/c1-3-5-10-28(11-6-4-2)14-9-7-8-13(12-14)27-21(29)15-16(22)18(24)20(26)19(25)17(15)23/h7-9,12H,3-6,10-11H2,1-2H3,(H,27,29). The molecule has 0 unspecified atom stereocenters. The first-order valence-electron chi connectivity index (χ1n) is 9.49. The van der Waals surface area contributed by atoms with Crippen LogP contribution in [0.3, 0.4) is 0 Å². The third-order valence-electron chi connectivity index (χ3n) is 4.47. The average molecular weight is 414 g/mol. The predicted octanol–water partition coefficient (Wildman–Crippen LogP) is 6.04. The molecule has 1 amide bonds. The van der Waals surface area contributed by atoms with Crippen LogP contribution in [-0.4, -0.2) is 19.0 Å². The second-order valence-electron chi connectivity index (χ2n) is 6.64. The SMILES string of the molecule is CCCCN(CCCC)c1cccc(NC(=O)c2c(F)c(F)c(F)c(F)c2F)c1. The fourth-order valence-corrected chi connectivity index (χ4v) is 2.85. The molecule has 0 fully saturated rings. The first-order chi connectivity index (χ1) is 13.8. The summed E-state index contributed by atoms with van der Waals surface area (Å²) >= 11 is 0. The monoisotopic (exact) mass is 414 g/mol. The molecule has 0 saturated carbocycles. The summed E-state index contributed by atoms with van der Waals surface area (Å²) in [5.74, 6) is -12.4. The Morgan fingerprint density at radius 2 is 1.38 bits per heavy atom.